The molecular formula is C14H27N3O5. The number of nitrogens with one attached hydrogen (secondary N) is 2. The molecule has 8 nitrogen and oxygen atoms in total. The maximum atomic E-state index is 11.9. The third kappa shape index (κ3) is 11.0. The van der Waals surface area contributed by atoms with Crippen molar-refractivity contribution < 1.29 is 23.9 Å². The second-order valence-electron chi connectivity index (χ2n) is 4.83. The summed E-state index contributed by atoms with van der Waals surface area (Å²) in [6.45, 7) is 2.59. The topological polar surface area (TPSA) is 120 Å². The smallest absolute Gasteiger partial charge is 0.325 e. The Balaban J connectivity index is 4.03. The average Bonchev–Trinajstić information content (AvgIpc) is 2.49. The number of rotatable bonds is 13. The molecule has 0 saturated heterocycles. The van der Waals surface area contributed by atoms with E-state index < -0.39 is 23.8 Å². The number of hydrogen-bond acceptors (Lipinski definition) is 6. The van der Waals surface area contributed by atoms with E-state index in [0.29, 0.717) is 6.61 Å². The van der Waals surface area contributed by atoms with Gasteiger partial charge in [-0.25, -0.2) is 0 Å². The van der Waals surface area contributed by atoms with Crippen LogP contribution in [0, 0.1) is 0 Å². The van der Waals surface area contributed by atoms with Crippen LogP contribution in [0.1, 0.15) is 39.0 Å². The van der Waals surface area contributed by atoms with Crippen LogP contribution in [0.5, 0.6) is 0 Å². The van der Waals surface area contributed by atoms with E-state index in [1.807, 2.05) is 0 Å². The number of nitrogens with two attached hydrogens (primary N) is 1. The fourth-order valence-electron chi connectivity index (χ4n) is 1.68. The number of amides is 2. The van der Waals surface area contributed by atoms with Crippen LogP contribution in [0.4, 0.5) is 0 Å². The van der Waals surface area contributed by atoms with Crippen LogP contribution in [0.2, 0.25) is 0 Å². The molecule has 8 heteroatoms. The molecule has 1 atom stereocenters. The maximum Gasteiger partial charge on any atom is 0.325 e. The highest BCUT2D eigenvalue weighted by Crippen LogP contribution is 1.99. The second kappa shape index (κ2) is 13.0. The minimum atomic E-state index is -0.835. The Labute approximate surface area is 131 Å². The van der Waals surface area contributed by atoms with Gasteiger partial charge in [-0.3, -0.25) is 19.7 Å². The SMILES string of the molecule is CCCCCCOCN[C@H](CC(N)=O)C(=O)NCC(=O)OC. The minimum absolute atomic E-state index is 0.135. The lowest BCUT2D eigenvalue weighted by Crippen LogP contribution is -2.48. The van der Waals surface area contributed by atoms with Gasteiger partial charge in [-0.2, -0.15) is 0 Å². The normalized spacial score (nSPS) is 11.7. The Morgan fingerprint density at radius 1 is 1.18 bits per heavy atom. The number of ether oxygens (including phenoxy) is 2. The van der Waals surface area contributed by atoms with Gasteiger partial charge in [-0.1, -0.05) is 26.2 Å². The molecule has 0 aromatic carbocycles. The van der Waals surface area contributed by atoms with E-state index in [0.717, 1.165) is 25.7 Å². The van der Waals surface area contributed by atoms with Crippen LogP contribution in [0.25, 0.3) is 0 Å². The Bertz CT molecular complexity index is 349. The number of esters is 1. The molecule has 22 heavy (non-hydrogen) atoms. The summed E-state index contributed by atoms with van der Waals surface area (Å²) >= 11 is 0. The summed E-state index contributed by atoms with van der Waals surface area (Å²) in [6.07, 6.45) is 4.19. The number of carbonyl (C=O) groups is 3. The summed E-state index contributed by atoms with van der Waals surface area (Å²) in [4.78, 5) is 33.8. The van der Waals surface area contributed by atoms with Crippen molar-refractivity contribution in [2.75, 3.05) is 27.0 Å². The molecule has 0 spiro atoms. The van der Waals surface area contributed by atoms with Crippen molar-refractivity contribution in [2.45, 2.75) is 45.1 Å². The Kier molecular flexibility index (Phi) is 12.0. The first-order valence-electron chi connectivity index (χ1n) is 7.45. The zero-order valence-electron chi connectivity index (χ0n) is 13.4. The fourth-order valence-corrected chi connectivity index (χ4v) is 1.68. The van der Waals surface area contributed by atoms with Gasteiger partial charge < -0.3 is 20.5 Å². The van der Waals surface area contributed by atoms with Crippen LogP contribution in [-0.4, -0.2) is 50.8 Å². The van der Waals surface area contributed by atoms with Gasteiger partial charge in [0.15, 0.2) is 0 Å². The van der Waals surface area contributed by atoms with Crippen molar-refractivity contribution in [1.82, 2.24) is 10.6 Å². The second-order valence-corrected chi connectivity index (χ2v) is 4.83. The molecule has 0 aromatic rings. The summed E-state index contributed by atoms with van der Waals surface area (Å²) in [6, 6.07) is -0.835. The maximum absolute atomic E-state index is 11.9. The molecule has 0 bridgehead atoms. The molecular weight excluding hydrogens is 290 g/mol. The first-order valence-corrected chi connectivity index (χ1v) is 7.45. The fraction of sp³-hybridized carbons (Fsp3) is 0.786. The van der Waals surface area contributed by atoms with Crippen molar-refractivity contribution in [3.8, 4) is 0 Å². The van der Waals surface area contributed by atoms with Gasteiger partial charge in [0.1, 0.15) is 6.54 Å². The number of primary amides is 1. The Morgan fingerprint density at radius 3 is 2.50 bits per heavy atom. The van der Waals surface area contributed by atoms with Gasteiger partial charge in [0.25, 0.3) is 0 Å². The molecule has 0 saturated carbocycles. The van der Waals surface area contributed by atoms with E-state index in [9.17, 15) is 14.4 Å². The molecule has 0 aliphatic carbocycles. The number of unbranched alkanes of at least 4 members (excludes halogenated alkanes) is 3. The van der Waals surface area contributed by atoms with Crippen LogP contribution < -0.4 is 16.4 Å². The van der Waals surface area contributed by atoms with Crippen molar-refractivity contribution >= 4 is 17.8 Å². The molecule has 0 fully saturated rings. The highest BCUT2D eigenvalue weighted by Gasteiger charge is 2.20. The average molecular weight is 317 g/mol. The number of hydrogen-bond donors (Lipinski definition) is 3. The Morgan fingerprint density at radius 2 is 1.91 bits per heavy atom. The zero-order valence-corrected chi connectivity index (χ0v) is 13.4. The largest absolute Gasteiger partial charge is 0.468 e. The summed E-state index contributed by atoms with van der Waals surface area (Å²) < 4.78 is 9.77. The molecule has 128 valence electrons. The van der Waals surface area contributed by atoms with E-state index in [2.05, 4.69) is 22.3 Å². The number of methoxy groups -OCH3 is 1. The molecule has 0 rings (SSSR count). The molecule has 0 heterocycles. The first kappa shape index (κ1) is 20.3. The molecule has 2 amide bonds. The summed E-state index contributed by atoms with van der Waals surface area (Å²) in [5, 5.41) is 5.16. The van der Waals surface area contributed by atoms with E-state index in [1.165, 1.54) is 7.11 Å². The van der Waals surface area contributed by atoms with Gasteiger partial charge in [-0.15, -0.1) is 0 Å². The van der Waals surface area contributed by atoms with E-state index in [4.69, 9.17) is 10.5 Å². The molecule has 0 aromatic heterocycles. The standard InChI is InChI=1S/C14H27N3O5/c1-3-4-5-6-7-22-10-17-11(8-12(15)18)14(20)16-9-13(19)21-2/h11,17H,3-10H2,1-2H3,(H2,15,18)(H,16,20)/t11-/m1/s1. The molecule has 4 N–H and O–H groups in total. The highest BCUT2D eigenvalue weighted by atomic mass is 16.5. The zero-order chi connectivity index (χ0) is 16.8. The quantitative estimate of drug-likeness (QED) is 0.243. The third-order valence-electron chi connectivity index (χ3n) is 2.93. The van der Waals surface area contributed by atoms with E-state index >= 15 is 0 Å². The van der Waals surface area contributed by atoms with Crippen LogP contribution in [0.15, 0.2) is 0 Å². The van der Waals surface area contributed by atoms with Crippen molar-refractivity contribution in [3.05, 3.63) is 0 Å². The molecule has 0 aliphatic heterocycles. The Hall–Kier alpha value is -1.67. The van der Waals surface area contributed by atoms with Gasteiger partial charge in [-0.05, 0) is 6.42 Å². The van der Waals surface area contributed by atoms with Crippen LogP contribution >= 0.6 is 0 Å². The summed E-state index contributed by atoms with van der Waals surface area (Å²) in [5.74, 6) is -1.69. The van der Waals surface area contributed by atoms with Crippen molar-refractivity contribution in [1.29, 1.82) is 0 Å². The lowest BCUT2D eigenvalue weighted by atomic mass is 10.2. The van der Waals surface area contributed by atoms with Gasteiger partial charge in [0.05, 0.1) is 26.3 Å². The first-order chi connectivity index (χ1) is 10.5. The highest BCUT2D eigenvalue weighted by molar-refractivity contribution is 5.89. The van der Waals surface area contributed by atoms with E-state index in [-0.39, 0.29) is 19.7 Å². The van der Waals surface area contributed by atoms with Gasteiger partial charge >= 0.3 is 5.97 Å². The lowest BCUT2D eigenvalue weighted by Gasteiger charge is -2.16. The number of carbonyl (C=O) groups excluding carboxylic acids is 3. The van der Waals surface area contributed by atoms with Crippen LogP contribution in [0.3, 0.4) is 0 Å². The third-order valence-corrected chi connectivity index (χ3v) is 2.93. The summed E-state index contributed by atoms with van der Waals surface area (Å²) in [5.41, 5.74) is 5.11. The van der Waals surface area contributed by atoms with Crippen LogP contribution in [-0.2, 0) is 23.9 Å². The molecule has 0 radical (unpaired) electrons. The van der Waals surface area contributed by atoms with Gasteiger partial charge in [0.2, 0.25) is 11.8 Å². The van der Waals surface area contributed by atoms with Crippen molar-refractivity contribution in [3.63, 3.8) is 0 Å². The summed E-state index contributed by atoms with van der Waals surface area (Å²) in [7, 11) is 1.22. The van der Waals surface area contributed by atoms with E-state index in [1.54, 1.807) is 0 Å². The minimum Gasteiger partial charge on any atom is -0.468 e. The molecule has 0 unspecified atom stereocenters. The molecule has 0 aliphatic rings. The lowest BCUT2D eigenvalue weighted by molar-refractivity contribution is -0.141. The monoisotopic (exact) mass is 317 g/mol. The van der Waals surface area contributed by atoms with Gasteiger partial charge in [0, 0.05) is 6.61 Å². The van der Waals surface area contributed by atoms with Crippen molar-refractivity contribution in [2.24, 2.45) is 5.73 Å². The predicted molar refractivity (Wildman–Crippen MR) is 80.7 cm³/mol. The predicted octanol–water partition coefficient (Wildman–Crippen LogP) is -0.336.